The molecule has 2 N–H and O–H groups in total. The van der Waals surface area contributed by atoms with Gasteiger partial charge in [0.25, 0.3) is 0 Å². The molecule has 0 radical (unpaired) electrons. The van der Waals surface area contributed by atoms with Crippen LogP contribution >= 0.6 is 0 Å². The summed E-state index contributed by atoms with van der Waals surface area (Å²) in [6.07, 6.45) is 3.05. The van der Waals surface area contributed by atoms with E-state index >= 15 is 0 Å². The van der Waals surface area contributed by atoms with Crippen LogP contribution in [0.4, 0.5) is 0 Å². The molecule has 0 aliphatic rings. The van der Waals surface area contributed by atoms with Gasteiger partial charge < -0.3 is 15.0 Å². The Morgan fingerprint density at radius 3 is 2.81 bits per heavy atom. The Morgan fingerprint density at radius 1 is 1.62 bits per heavy atom. The minimum atomic E-state index is -0.956. The van der Waals surface area contributed by atoms with Crippen LogP contribution in [0.3, 0.4) is 0 Å². The Balaban J connectivity index is 2.90. The molecule has 6 heteroatoms. The van der Waals surface area contributed by atoms with Crippen LogP contribution in [-0.4, -0.2) is 26.5 Å². The number of nitrogens with zero attached hydrogens (tertiary/aromatic N) is 2. The zero-order chi connectivity index (χ0) is 12.1. The van der Waals surface area contributed by atoms with Crippen molar-refractivity contribution in [1.29, 1.82) is 0 Å². The highest BCUT2D eigenvalue weighted by molar-refractivity contribution is 5.75. The smallest absolute Gasteiger partial charge is 0.305 e. The van der Waals surface area contributed by atoms with Gasteiger partial charge in [0.05, 0.1) is 30.7 Å². The lowest BCUT2D eigenvalue weighted by atomic mass is 10.1. The number of carboxylic acid groups (broad SMARTS) is 1. The second-order valence-corrected chi connectivity index (χ2v) is 3.46. The number of hydrogen-bond acceptors (Lipinski definition) is 3. The maximum Gasteiger partial charge on any atom is 0.305 e. The Kier molecular flexibility index (Phi) is 4.04. The molecular weight excluding hydrogens is 210 g/mol. The van der Waals surface area contributed by atoms with E-state index < -0.39 is 12.0 Å². The van der Waals surface area contributed by atoms with Crippen molar-refractivity contribution in [2.45, 2.75) is 32.9 Å². The van der Waals surface area contributed by atoms with Crippen LogP contribution in [0.25, 0.3) is 0 Å². The van der Waals surface area contributed by atoms with Gasteiger partial charge in [-0.05, 0) is 6.92 Å². The van der Waals surface area contributed by atoms with E-state index in [1.54, 1.807) is 12.5 Å². The lowest BCUT2D eigenvalue weighted by Gasteiger charge is -2.17. The predicted molar refractivity (Wildman–Crippen MR) is 56.7 cm³/mol. The summed E-state index contributed by atoms with van der Waals surface area (Å²) in [7, 11) is 0. The van der Waals surface area contributed by atoms with E-state index in [0.29, 0.717) is 12.2 Å². The maximum atomic E-state index is 11.0. The lowest BCUT2D eigenvalue weighted by molar-refractivity contribution is -0.137. The quantitative estimate of drug-likeness (QED) is 0.766. The minimum Gasteiger partial charge on any atom is -0.481 e. The Morgan fingerprint density at radius 2 is 2.31 bits per heavy atom. The summed E-state index contributed by atoms with van der Waals surface area (Å²) < 4.78 is 1.81. The van der Waals surface area contributed by atoms with Crippen molar-refractivity contribution in [3.8, 4) is 0 Å². The zero-order valence-corrected chi connectivity index (χ0v) is 9.30. The highest BCUT2D eigenvalue weighted by Gasteiger charge is 2.19. The summed E-state index contributed by atoms with van der Waals surface area (Å²) in [5, 5.41) is 11.4. The van der Waals surface area contributed by atoms with Crippen molar-refractivity contribution in [2.24, 2.45) is 0 Å². The molecule has 0 fully saturated rings. The van der Waals surface area contributed by atoms with E-state index in [-0.39, 0.29) is 12.3 Å². The maximum absolute atomic E-state index is 11.0. The van der Waals surface area contributed by atoms with Gasteiger partial charge in [0, 0.05) is 13.5 Å². The van der Waals surface area contributed by atoms with Crippen LogP contribution in [0, 0.1) is 0 Å². The molecule has 0 aromatic carbocycles. The van der Waals surface area contributed by atoms with E-state index in [2.05, 4.69) is 10.3 Å². The summed E-state index contributed by atoms with van der Waals surface area (Å²) >= 11 is 0. The number of nitrogens with one attached hydrogen (secondary N) is 1. The molecule has 16 heavy (non-hydrogen) atoms. The summed E-state index contributed by atoms with van der Waals surface area (Å²) in [6.45, 7) is 3.98. The second-order valence-electron chi connectivity index (χ2n) is 3.46. The summed E-state index contributed by atoms with van der Waals surface area (Å²) in [5.41, 5.74) is 0.708. The molecule has 1 aromatic rings. The molecule has 0 saturated heterocycles. The topological polar surface area (TPSA) is 84.2 Å². The number of carboxylic acids is 1. The van der Waals surface area contributed by atoms with E-state index in [9.17, 15) is 9.59 Å². The number of aryl methyl sites for hydroxylation is 1. The molecule has 1 atom stereocenters. The molecule has 0 saturated carbocycles. The van der Waals surface area contributed by atoms with E-state index in [1.807, 2.05) is 11.5 Å². The zero-order valence-electron chi connectivity index (χ0n) is 9.30. The first-order valence-corrected chi connectivity index (χ1v) is 5.03. The van der Waals surface area contributed by atoms with Crippen molar-refractivity contribution in [3.05, 3.63) is 18.2 Å². The van der Waals surface area contributed by atoms with Crippen molar-refractivity contribution in [1.82, 2.24) is 14.9 Å². The third kappa shape index (κ3) is 3.08. The van der Waals surface area contributed by atoms with Crippen LogP contribution in [0.1, 0.15) is 32.0 Å². The average molecular weight is 225 g/mol. The Hall–Kier alpha value is -1.85. The van der Waals surface area contributed by atoms with Gasteiger partial charge in [-0.15, -0.1) is 0 Å². The fourth-order valence-electron chi connectivity index (χ4n) is 1.53. The van der Waals surface area contributed by atoms with Crippen molar-refractivity contribution in [2.75, 3.05) is 0 Å². The van der Waals surface area contributed by atoms with Crippen molar-refractivity contribution in [3.63, 3.8) is 0 Å². The van der Waals surface area contributed by atoms with Crippen molar-refractivity contribution < 1.29 is 14.7 Å². The molecule has 6 nitrogen and oxygen atoms in total. The number of hydrogen-bond donors (Lipinski definition) is 2. The van der Waals surface area contributed by atoms with Crippen molar-refractivity contribution >= 4 is 11.9 Å². The highest BCUT2D eigenvalue weighted by Crippen LogP contribution is 2.16. The van der Waals surface area contributed by atoms with Crippen LogP contribution in [0.15, 0.2) is 12.5 Å². The first-order chi connectivity index (χ1) is 7.54. The lowest BCUT2D eigenvalue weighted by Crippen LogP contribution is -2.29. The van der Waals surface area contributed by atoms with Gasteiger partial charge in [-0.3, -0.25) is 9.59 Å². The van der Waals surface area contributed by atoms with Crippen LogP contribution in [0.2, 0.25) is 0 Å². The predicted octanol–water partition coefficient (Wildman–Crippen LogP) is 0.555. The first-order valence-electron chi connectivity index (χ1n) is 5.03. The van der Waals surface area contributed by atoms with Gasteiger partial charge >= 0.3 is 5.97 Å². The number of aromatic nitrogens is 2. The van der Waals surface area contributed by atoms with E-state index in [1.165, 1.54) is 6.92 Å². The fourth-order valence-corrected chi connectivity index (χ4v) is 1.53. The standard InChI is InChI=1S/C10H15N3O3/c1-3-13-6-11-5-9(13)8(4-10(15)16)12-7(2)14/h5-6,8H,3-4H2,1-2H3,(H,12,14)(H,15,16)/t8-/m1/s1. The van der Waals surface area contributed by atoms with Crippen LogP contribution in [-0.2, 0) is 16.1 Å². The largest absolute Gasteiger partial charge is 0.481 e. The third-order valence-electron chi connectivity index (χ3n) is 2.20. The Labute approximate surface area is 93.3 Å². The average Bonchev–Trinajstić information content (AvgIpc) is 2.62. The van der Waals surface area contributed by atoms with E-state index in [4.69, 9.17) is 5.11 Å². The minimum absolute atomic E-state index is 0.148. The van der Waals surface area contributed by atoms with Crippen LogP contribution < -0.4 is 5.32 Å². The molecule has 0 unspecified atom stereocenters. The molecule has 0 aliphatic heterocycles. The molecular formula is C10H15N3O3. The van der Waals surface area contributed by atoms with Gasteiger partial charge in [0.15, 0.2) is 0 Å². The summed E-state index contributed by atoms with van der Waals surface area (Å²) in [6, 6.07) is -0.530. The monoisotopic (exact) mass is 225 g/mol. The van der Waals surface area contributed by atoms with Gasteiger partial charge in [0.2, 0.25) is 5.91 Å². The molecule has 1 aromatic heterocycles. The number of carbonyl (C=O) groups excluding carboxylic acids is 1. The summed E-state index contributed by atoms with van der Waals surface area (Å²) in [4.78, 5) is 25.6. The number of carbonyl (C=O) groups is 2. The second kappa shape index (κ2) is 5.29. The number of aliphatic carboxylic acids is 1. The fraction of sp³-hybridized carbons (Fsp3) is 0.500. The molecule has 0 aliphatic carbocycles. The number of rotatable bonds is 5. The summed E-state index contributed by atoms with van der Waals surface area (Å²) in [5.74, 6) is -1.21. The van der Waals surface area contributed by atoms with Crippen LogP contribution in [0.5, 0.6) is 0 Å². The normalized spacial score (nSPS) is 12.1. The van der Waals surface area contributed by atoms with E-state index in [0.717, 1.165) is 0 Å². The molecule has 0 bridgehead atoms. The number of amides is 1. The molecule has 88 valence electrons. The third-order valence-corrected chi connectivity index (χ3v) is 2.20. The molecule has 1 amide bonds. The number of imidazole rings is 1. The molecule has 0 spiro atoms. The van der Waals surface area contributed by atoms with Gasteiger partial charge in [-0.1, -0.05) is 0 Å². The Bertz CT molecular complexity index is 370. The molecule has 1 heterocycles. The SMILES string of the molecule is CCn1cncc1[C@@H](CC(=O)O)NC(C)=O. The van der Waals surface area contributed by atoms with Gasteiger partial charge in [-0.2, -0.15) is 0 Å². The van der Waals surface area contributed by atoms with Gasteiger partial charge in [-0.25, -0.2) is 4.98 Å². The van der Waals surface area contributed by atoms with Gasteiger partial charge in [0.1, 0.15) is 0 Å². The molecule has 1 rings (SSSR count). The first kappa shape index (κ1) is 12.2. The highest BCUT2D eigenvalue weighted by atomic mass is 16.4.